The van der Waals surface area contributed by atoms with E-state index in [4.69, 9.17) is 14.2 Å². The molecule has 1 heterocycles. The second-order valence-electron chi connectivity index (χ2n) is 6.07. The quantitative estimate of drug-likeness (QED) is 0.287. The zero-order valence-corrected chi connectivity index (χ0v) is 15.7. The first kappa shape index (κ1) is 20.4. The Bertz CT molecular complexity index is 764. The minimum Gasteiger partial charge on any atom is -0.466 e. The van der Waals surface area contributed by atoms with Crippen LogP contribution in [0.4, 0.5) is 0 Å². The third-order valence-corrected chi connectivity index (χ3v) is 4.39. The molecule has 2 rings (SSSR count). The molecule has 6 nitrogen and oxygen atoms in total. The van der Waals surface area contributed by atoms with E-state index in [1.807, 2.05) is 6.07 Å². The Hall–Kier alpha value is -2.89. The van der Waals surface area contributed by atoms with E-state index in [2.05, 4.69) is 6.58 Å². The highest BCUT2D eigenvalue weighted by atomic mass is 16.5. The number of allylic oxidation sites excluding steroid dienone is 1. The topological polar surface area (TPSA) is 78.9 Å². The summed E-state index contributed by atoms with van der Waals surface area (Å²) in [5.74, 6) is -0.892. The van der Waals surface area contributed by atoms with Crippen molar-refractivity contribution in [1.82, 2.24) is 0 Å². The van der Waals surface area contributed by atoms with E-state index in [0.717, 1.165) is 0 Å². The van der Waals surface area contributed by atoms with Crippen LogP contribution in [0.25, 0.3) is 0 Å². The van der Waals surface area contributed by atoms with Gasteiger partial charge in [-0.25, -0.2) is 4.79 Å². The molecule has 0 aliphatic carbocycles. The summed E-state index contributed by atoms with van der Waals surface area (Å²) in [6.07, 6.45) is 3.61. The van der Waals surface area contributed by atoms with Gasteiger partial charge in [0.15, 0.2) is 0 Å². The van der Waals surface area contributed by atoms with E-state index in [9.17, 15) is 14.4 Å². The number of para-hydroxylation sites is 1. The zero-order chi connectivity index (χ0) is 19.9. The highest BCUT2D eigenvalue weighted by Crippen LogP contribution is 2.48. The molecule has 1 aliphatic rings. The summed E-state index contributed by atoms with van der Waals surface area (Å²) in [5.41, 5.74) is -0.0585. The normalized spacial score (nSPS) is 18.1. The summed E-state index contributed by atoms with van der Waals surface area (Å²) in [6.45, 7) is 8.00. The van der Waals surface area contributed by atoms with Crippen molar-refractivity contribution in [2.45, 2.75) is 38.5 Å². The maximum Gasteiger partial charge on any atom is 0.330 e. The van der Waals surface area contributed by atoms with E-state index in [0.29, 0.717) is 36.3 Å². The van der Waals surface area contributed by atoms with Gasteiger partial charge in [-0.3, -0.25) is 9.59 Å². The van der Waals surface area contributed by atoms with Gasteiger partial charge in [-0.05, 0) is 38.3 Å². The third kappa shape index (κ3) is 4.45. The van der Waals surface area contributed by atoms with Crippen LogP contribution in [0.1, 0.15) is 38.7 Å². The molecule has 1 aromatic carbocycles. The Kier molecular flexibility index (Phi) is 6.93. The van der Waals surface area contributed by atoms with Crippen LogP contribution in [0.2, 0.25) is 0 Å². The van der Waals surface area contributed by atoms with E-state index < -0.39 is 23.3 Å². The van der Waals surface area contributed by atoms with Crippen LogP contribution in [0.5, 0.6) is 5.75 Å². The Morgan fingerprint density at radius 1 is 1.19 bits per heavy atom. The van der Waals surface area contributed by atoms with E-state index >= 15 is 0 Å². The van der Waals surface area contributed by atoms with Gasteiger partial charge in [0.05, 0.1) is 19.6 Å². The molecule has 1 atom stereocenters. The van der Waals surface area contributed by atoms with Crippen molar-refractivity contribution in [3.05, 3.63) is 54.1 Å². The molecule has 1 unspecified atom stereocenters. The molecule has 0 aromatic heterocycles. The average Bonchev–Trinajstić information content (AvgIpc) is 2.91. The van der Waals surface area contributed by atoms with Gasteiger partial charge in [0.1, 0.15) is 11.2 Å². The van der Waals surface area contributed by atoms with E-state index in [-0.39, 0.29) is 13.0 Å². The third-order valence-electron chi connectivity index (χ3n) is 4.39. The summed E-state index contributed by atoms with van der Waals surface area (Å²) < 4.78 is 15.3. The van der Waals surface area contributed by atoms with Crippen molar-refractivity contribution in [2.75, 3.05) is 13.2 Å². The molecule has 1 aromatic rings. The summed E-state index contributed by atoms with van der Waals surface area (Å²) in [7, 11) is 0. The predicted octanol–water partition coefficient (Wildman–Crippen LogP) is 3.25. The molecule has 1 aliphatic heterocycles. The smallest absolute Gasteiger partial charge is 0.330 e. The number of rotatable bonds is 9. The van der Waals surface area contributed by atoms with Gasteiger partial charge in [0.25, 0.3) is 0 Å². The standard InChI is InChI=1S/C21H24O6/c1-4-25-18(22)12-8-9-13-21(15(3)14-19(23)26-5-2)16-10-6-7-11-17(16)27-20(21)24/h6-8,10-12H,3-5,9,13-14H2,1-2H3/b12-8+. The first-order valence-corrected chi connectivity index (χ1v) is 8.94. The number of ether oxygens (including phenoxy) is 3. The molecular formula is C21H24O6. The van der Waals surface area contributed by atoms with Gasteiger partial charge in [0, 0.05) is 11.6 Å². The molecule has 0 fully saturated rings. The number of benzene rings is 1. The van der Waals surface area contributed by atoms with Crippen LogP contribution in [0.3, 0.4) is 0 Å². The zero-order valence-electron chi connectivity index (χ0n) is 15.7. The highest BCUT2D eigenvalue weighted by Gasteiger charge is 2.50. The number of hydrogen-bond acceptors (Lipinski definition) is 6. The lowest BCUT2D eigenvalue weighted by Crippen LogP contribution is -2.36. The first-order chi connectivity index (χ1) is 13.0. The number of carbonyl (C=O) groups excluding carboxylic acids is 3. The van der Waals surface area contributed by atoms with Crippen molar-refractivity contribution >= 4 is 17.9 Å². The Morgan fingerprint density at radius 2 is 1.89 bits per heavy atom. The maximum absolute atomic E-state index is 12.8. The molecule has 0 bridgehead atoms. The molecular weight excluding hydrogens is 348 g/mol. The van der Waals surface area contributed by atoms with Crippen LogP contribution >= 0.6 is 0 Å². The lowest BCUT2D eigenvalue weighted by molar-refractivity contribution is -0.142. The van der Waals surface area contributed by atoms with Gasteiger partial charge in [-0.1, -0.05) is 30.9 Å². The second kappa shape index (κ2) is 9.16. The minimum atomic E-state index is -1.15. The minimum absolute atomic E-state index is 0.0845. The van der Waals surface area contributed by atoms with Crippen LogP contribution in [0.15, 0.2) is 48.6 Å². The van der Waals surface area contributed by atoms with Crippen molar-refractivity contribution in [3.8, 4) is 5.75 Å². The summed E-state index contributed by atoms with van der Waals surface area (Å²) in [4.78, 5) is 36.2. The van der Waals surface area contributed by atoms with Crippen molar-refractivity contribution < 1.29 is 28.6 Å². The van der Waals surface area contributed by atoms with Gasteiger partial charge >= 0.3 is 17.9 Å². The van der Waals surface area contributed by atoms with Crippen molar-refractivity contribution in [1.29, 1.82) is 0 Å². The molecule has 6 heteroatoms. The van der Waals surface area contributed by atoms with Gasteiger partial charge in [-0.15, -0.1) is 0 Å². The monoisotopic (exact) mass is 372 g/mol. The van der Waals surface area contributed by atoms with Gasteiger partial charge < -0.3 is 14.2 Å². The van der Waals surface area contributed by atoms with Crippen LogP contribution < -0.4 is 4.74 Å². The number of esters is 3. The van der Waals surface area contributed by atoms with E-state index in [1.165, 1.54) is 6.08 Å². The molecule has 0 N–H and O–H groups in total. The molecule has 0 saturated heterocycles. The fraction of sp³-hybridized carbons (Fsp3) is 0.381. The number of fused-ring (bicyclic) bond motifs is 1. The molecule has 144 valence electrons. The average molecular weight is 372 g/mol. The number of carbonyl (C=O) groups is 3. The first-order valence-electron chi connectivity index (χ1n) is 8.94. The molecule has 0 saturated carbocycles. The van der Waals surface area contributed by atoms with Crippen molar-refractivity contribution in [2.24, 2.45) is 0 Å². The number of hydrogen-bond donors (Lipinski definition) is 0. The lowest BCUT2D eigenvalue weighted by atomic mass is 9.71. The van der Waals surface area contributed by atoms with Crippen LogP contribution in [0, 0.1) is 0 Å². The van der Waals surface area contributed by atoms with Gasteiger partial charge in [0.2, 0.25) is 0 Å². The SMILES string of the molecule is C=C(CC(=O)OCC)C1(CC/C=C/C(=O)OCC)C(=O)Oc2ccccc21. The Morgan fingerprint density at radius 3 is 2.59 bits per heavy atom. The van der Waals surface area contributed by atoms with Crippen molar-refractivity contribution in [3.63, 3.8) is 0 Å². The molecule has 0 radical (unpaired) electrons. The summed E-state index contributed by atoms with van der Waals surface area (Å²) in [6, 6.07) is 7.09. The molecule has 0 spiro atoms. The van der Waals surface area contributed by atoms with Gasteiger partial charge in [-0.2, -0.15) is 0 Å². The molecule has 0 amide bonds. The molecule has 27 heavy (non-hydrogen) atoms. The summed E-state index contributed by atoms with van der Waals surface area (Å²) >= 11 is 0. The predicted molar refractivity (Wildman–Crippen MR) is 99.2 cm³/mol. The van der Waals surface area contributed by atoms with Crippen LogP contribution in [-0.2, 0) is 29.3 Å². The highest BCUT2D eigenvalue weighted by molar-refractivity contribution is 5.95. The van der Waals surface area contributed by atoms with E-state index in [1.54, 1.807) is 38.1 Å². The largest absolute Gasteiger partial charge is 0.466 e. The Labute approximate surface area is 158 Å². The maximum atomic E-state index is 12.8. The summed E-state index contributed by atoms with van der Waals surface area (Å²) in [5, 5.41) is 0. The fourth-order valence-corrected chi connectivity index (χ4v) is 3.16. The Balaban J connectivity index is 2.27. The fourth-order valence-electron chi connectivity index (χ4n) is 3.16. The lowest BCUT2D eigenvalue weighted by Gasteiger charge is -2.27. The van der Waals surface area contributed by atoms with Crippen LogP contribution in [-0.4, -0.2) is 31.1 Å². The second-order valence-corrected chi connectivity index (χ2v) is 6.07.